The molecule has 0 aliphatic heterocycles. The smallest absolute Gasteiger partial charge is 0.203 e. The molecule has 0 heterocycles. The Morgan fingerprint density at radius 3 is 2.33 bits per heavy atom. The van der Waals surface area contributed by atoms with Crippen LogP contribution in [-0.2, 0) is 13.0 Å². The molecule has 3 rings (SSSR count). The lowest BCUT2D eigenvalue weighted by Gasteiger charge is -2.17. The summed E-state index contributed by atoms with van der Waals surface area (Å²) < 4.78 is 22.4. The van der Waals surface area contributed by atoms with Crippen molar-refractivity contribution in [3.8, 4) is 23.0 Å². The predicted octanol–water partition coefficient (Wildman–Crippen LogP) is 4.42. The first kappa shape index (κ1) is 26.9. The van der Waals surface area contributed by atoms with Crippen LogP contribution in [0.3, 0.4) is 0 Å². The topological polar surface area (TPSA) is 73.3 Å². The highest BCUT2D eigenvalue weighted by Crippen LogP contribution is 2.39. The van der Waals surface area contributed by atoms with Gasteiger partial charge >= 0.3 is 0 Å². The molecular weight excluding hydrogens is 533 g/mol. The summed E-state index contributed by atoms with van der Waals surface area (Å²) in [6.07, 6.45) is 3.30. The highest BCUT2D eigenvalue weighted by atomic mass is 127. The van der Waals surface area contributed by atoms with Gasteiger partial charge in [-0.2, -0.15) is 0 Å². The van der Waals surface area contributed by atoms with Gasteiger partial charge in [0.15, 0.2) is 17.5 Å². The van der Waals surface area contributed by atoms with Crippen LogP contribution < -0.4 is 29.6 Å². The van der Waals surface area contributed by atoms with Gasteiger partial charge in [-0.1, -0.05) is 24.3 Å². The first-order chi connectivity index (χ1) is 15.7. The van der Waals surface area contributed by atoms with E-state index in [1.165, 1.54) is 12.8 Å². The Bertz CT molecular complexity index is 903. The number of hydrogen-bond acceptors (Lipinski definition) is 5. The first-order valence-electron chi connectivity index (χ1n) is 11.2. The van der Waals surface area contributed by atoms with Crippen LogP contribution in [0.5, 0.6) is 23.0 Å². The van der Waals surface area contributed by atoms with Gasteiger partial charge in [0.05, 0.1) is 34.5 Å². The fraction of sp³-hybridized carbons (Fsp3) is 0.480. The van der Waals surface area contributed by atoms with E-state index in [1.54, 1.807) is 21.3 Å². The summed E-state index contributed by atoms with van der Waals surface area (Å²) in [6, 6.07) is 12.0. The van der Waals surface area contributed by atoms with Crippen LogP contribution in [0.25, 0.3) is 0 Å². The molecule has 33 heavy (non-hydrogen) atoms. The molecule has 0 unspecified atom stereocenters. The van der Waals surface area contributed by atoms with Gasteiger partial charge in [0.1, 0.15) is 5.75 Å². The predicted molar refractivity (Wildman–Crippen MR) is 143 cm³/mol. The number of nitrogens with zero attached hydrogens (tertiary/aromatic N) is 1. The number of guanidine groups is 1. The molecule has 2 aromatic rings. The van der Waals surface area contributed by atoms with Crippen molar-refractivity contribution in [3.63, 3.8) is 0 Å². The molecule has 1 aliphatic rings. The second-order valence-corrected chi connectivity index (χ2v) is 7.73. The Morgan fingerprint density at radius 1 is 0.909 bits per heavy atom. The van der Waals surface area contributed by atoms with Gasteiger partial charge in [-0.25, -0.2) is 4.99 Å². The van der Waals surface area contributed by atoms with E-state index in [0.29, 0.717) is 30.3 Å². The van der Waals surface area contributed by atoms with Crippen molar-refractivity contribution in [1.82, 2.24) is 10.6 Å². The first-order valence-corrected chi connectivity index (χ1v) is 11.2. The Balaban J connectivity index is 0.00000385. The molecule has 1 saturated carbocycles. The third-order valence-corrected chi connectivity index (χ3v) is 5.37. The number of aliphatic imine (C=N–C) groups is 1. The van der Waals surface area contributed by atoms with Crippen LogP contribution >= 0.6 is 24.0 Å². The maximum absolute atomic E-state index is 6.01. The Hall–Kier alpha value is -2.36. The molecule has 0 bridgehead atoms. The molecule has 0 aromatic heterocycles. The summed E-state index contributed by atoms with van der Waals surface area (Å²) in [5, 5.41) is 6.72. The number of para-hydroxylation sites is 1. The summed E-state index contributed by atoms with van der Waals surface area (Å²) in [4.78, 5) is 4.76. The van der Waals surface area contributed by atoms with Crippen molar-refractivity contribution in [2.75, 3.05) is 41.0 Å². The van der Waals surface area contributed by atoms with Crippen LogP contribution in [0.15, 0.2) is 41.4 Å². The van der Waals surface area contributed by atoms with Crippen molar-refractivity contribution < 1.29 is 18.9 Å². The molecule has 0 atom stereocenters. The van der Waals surface area contributed by atoms with Crippen LogP contribution in [0, 0.1) is 5.92 Å². The average molecular weight is 569 g/mol. The van der Waals surface area contributed by atoms with E-state index in [0.717, 1.165) is 48.3 Å². The van der Waals surface area contributed by atoms with Crippen molar-refractivity contribution in [2.24, 2.45) is 10.9 Å². The molecule has 0 saturated heterocycles. The van der Waals surface area contributed by atoms with Gasteiger partial charge in [-0.15, -0.1) is 24.0 Å². The number of halogens is 1. The van der Waals surface area contributed by atoms with E-state index in [4.69, 9.17) is 23.9 Å². The molecule has 182 valence electrons. The maximum Gasteiger partial charge on any atom is 0.203 e. The molecule has 0 amide bonds. The number of ether oxygens (including phenoxy) is 4. The summed E-state index contributed by atoms with van der Waals surface area (Å²) in [7, 11) is 4.87. The maximum atomic E-state index is 6.01. The summed E-state index contributed by atoms with van der Waals surface area (Å²) in [5.74, 6) is 4.36. The van der Waals surface area contributed by atoms with E-state index in [-0.39, 0.29) is 24.0 Å². The molecular formula is C25H36IN3O4. The van der Waals surface area contributed by atoms with Crippen LogP contribution in [-0.4, -0.2) is 47.0 Å². The minimum atomic E-state index is 0. The third kappa shape index (κ3) is 7.87. The van der Waals surface area contributed by atoms with Gasteiger partial charge in [0.25, 0.3) is 0 Å². The molecule has 0 radical (unpaired) electrons. The van der Waals surface area contributed by atoms with Crippen molar-refractivity contribution in [1.29, 1.82) is 0 Å². The van der Waals surface area contributed by atoms with E-state index in [2.05, 4.69) is 23.6 Å². The highest BCUT2D eigenvalue weighted by Gasteiger charge is 2.22. The second-order valence-electron chi connectivity index (χ2n) is 7.73. The van der Waals surface area contributed by atoms with Crippen molar-refractivity contribution in [3.05, 3.63) is 47.5 Å². The normalized spacial score (nSPS) is 13.0. The molecule has 2 N–H and O–H groups in total. The van der Waals surface area contributed by atoms with E-state index in [9.17, 15) is 0 Å². The number of benzene rings is 2. The minimum Gasteiger partial charge on any atom is -0.493 e. The zero-order valence-corrected chi connectivity index (χ0v) is 22.3. The summed E-state index contributed by atoms with van der Waals surface area (Å²) >= 11 is 0. The lowest BCUT2D eigenvalue weighted by atomic mass is 10.1. The standard InChI is InChI=1S/C25H35N3O4.HI/c1-5-26-25(28-16-20-8-6-7-9-21(20)32-17-18-10-11-18)27-15-14-19-12-13-22(29-2)24(31-4)23(19)30-3;/h6-9,12-13,18H,5,10-11,14-17H2,1-4H3,(H2,26,27,28);1H. The van der Waals surface area contributed by atoms with Gasteiger partial charge < -0.3 is 29.6 Å². The average Bonchev–Trinajstić information content (AvgIpc) is 3.65. The lowest BCUT2D eigenvalue weighted by molar-refractivity contribution is 0.297. The Morgan fingerprint density at radius 2 is 1.67 bits per heavy atom. The molecule has 0 spiro atoms. The summed E-state index contributed by atoms with van der Waals surface area (Å²) in [5.41, 5.74) is 2.12. The van der Waals surface area contributed by atoms with Gasteiger partial charge in [-0.05, 0) is 44.2 Å². The van der Waals surface area contributed by atoms with Gasteiger partial charge in [-0.3, -0.25) is 0 Å². The molecule has 2 aromatic carbocycles. The second kappa shape index (κ2) is 14.0. The molecule has 1 fully saturated rings. The number of rotatable bonds is 12. The number of hydrogen-bond donors (Lipinski definition) is 2. The molecule has 8 heteroatoms. The van der Waals surface area contributed by atoms with Crippen LogP contribution in [0.4, 0.5) is 0 Å². The number of methoxy groups -OCH3 is 3. The largest absolute Gasteiger partial charge is 0.493 e. The number of nitrogens with one attached hydrogen (secondary N) is 2. The van der Waals surface area contributed by atoms with Crippen molar-refractivity contribution in [2.45, 2.75) is 32.7 Å². The van der Waals surface area contributed by atoms with E-state index in [1.807, 2.05) is 30.3 Å². The fourth-order valence-corrected chi connectivity index (χ4v) is 3.45. The monoisotopic (exact) mass is 569 g/mol. The highest BCUT2D eigenvalue weighted by molar-refractivity contribution is 14.0. The molecule has 1 aliphatic carbocycles. The zero-order valence-electron chi connectivity index (χ0n) is 20.0. The fourth-order valence-electron chi connectivity index (χ4n) is 3.45. The van der Waals surface area contributed by atoms with Crippen LogP contribution in [0.1, 0.15) is 30.9 Å². The van der Waals surface area contributed by atoms with Crippen molar-refractivity contribution >= 4 is 29.9 Å². The lowest BCUT2D eigenvalue weighted by Crippen LogP contribution is -2.38. The van der Waals surface area contributed by atoms with Gasteiger partial charge in [0.2, 0.25) is 5.75 Å². The minimum absolute atomic E-state index is 0. The van der Waals surface area contributed by atoms with Gasteiger partial charge in [0, 0.05) is 24.2 Å². The zero-order chi connectivity index (χ0) is 22.8. The quantitative estimate of drug-likeness (QED) is 0.224. The summed E-state index contributed by atoms with van der Waals surface area (Å²) in [6.45, 7) is 4.88. The SMILES string of the molecule is CCNC(=NCc1ccccc1OCC1CC1)NCCc1ccc(OC)c(OC)c1OC.I. The van der Waals surface area contributed by atoms with E-state index < -0.39 is 0 Å². The third-order valence-electron chi connectivity index (χ3n) is 5.37. The Kier molecular flexibility index (Phi) is 11.4. The Labute approximate surface area is 214 Å². The van der Waals surface area contributed by atoms with E-state index >= 15 is 0 Å². The van der Waals surface area contributed by atoms with Crippen LogP contribution in [0.2, 0.25) is 0 Å². The molecule has 7 nitrogen and oxygen atoms in total.